The molecule has 0 saturated carbocycles. The van der Waals surface area contributed by atoms with Crippen molar-refractivity contribution in [2.75, 3.05) is 19.8 Å². The standard InChI is InChI=1S/C25H23ClF2N2O4/c1-13-19-18(34-25(13,12-29)14-5-3-2-4-6-14)11-16(27)22(26)21(19)20-15(24(30)32)7-8-17(23(20)28)33-10-9-31/h2-8,11,13,31H,9-10,12,29H2,1H3,(H2,30,32)/t13-,25-/m0/s1. The van der Waals surface area contributed by atoms with E-state index in [1.807, 2.05) is 37.3 Å². The van der Waals surface area contributed by atoms with E-state index in [2.05, 4.69) is 0 Å². The van der Waals surface area contributed by atoms with Gasteiger partial charge in [0.2, 0.25) is 5.91 Å². The van der Waals surface area contributed by atoms with Crippen molar-refractivity contribution in [1.29, 1.82) is 0 Å². The van der Waals surface area contributed by atoms with E-state index < -0.39 is 34.1 Å². The number of amides is 1. The highest BCUT2D eigenvalue weighted by molar-refractivity contribution is 6.34. The van der Waals surface area contributed by atoms with E-state index in [9.17, 15) is 4.79 Å². The molecule has 0 unspecified atom stereocenters. The first kappa shape index (κ1) is 23.9. The average Bonchev–Trinajstić information content (AvgIpc) is 3.12. The van der Waals surface area contributed by atoms with Gasteiger partial charge in [0, 0.05) is 35.2 Å². The van der Waals surface area contributed by atoms with Crippen LogP contribution < -0.4 is 20.9 Å². The van der Waals surface area contributed by atoms with E-state index >= 15 is 8.78 Å². The Morgan fingerprint density at radius 2 is 1.91 bits per heavy atom. The van der Waals surface area contributed by atoms with Crippen LogP contribution in [0.2, 0.25) is 5.02 Å². The minimum absolute atomic E-state index is 0.0380. The molecule has 3 aromatic carbocycles. The number of rotatable bonds is 7. The van der Waals surface area contributed by atoms with Gasteiger partial charge in [0.05, 0.1) is 17.2 Å². The van der Waals surface area contributed by atoms with Crippen LogP contribution in [0.15, 0.2) is 48.5 Å². The van der Waals surface area contributed by atoms with Crippen molar-refractivity contribution < 1.29 is 28.2 Å². The van der Waals surface area contributed by atoms with Crippen LogP contribution in [0.1, 0.15) is 34.3 Å². The Morgan fingerprint density at radius 3 is 2.53 bits per heavy atom. The van der Waals surface area contributed by atoms with Crippen LogP contribution in [0.3, 0.4) is 0 Å². The molecule has 1 aliphatic rings. The number of primary amides is 1. The molecule has 9 heteroatoms. The summed E-state index contributed by atoms with van der Waals surface area (Å²) in [6.45, 7) is 1.31. The molecule has 34 heavy (non-hydrogen) atoms. The van der Waals surface area contributed by atoms with E-state index in [-0.39, 0.29) is 47.9 Å². The van der Waals surface area contributed by atoms with Gasteiger partial charge < -0.3 is 26.0 Å². The van der Waals surface area contributed by atoms with E-state index in [0.717, 1.165) is 11.6 Å². The number of hydrogen-bond donors (Lipinski definition) is 3. The summed E-state index contributed by atoms with van der Waals surface area (Å²) in [6.07, 6.45) is 0. The Balaban J connectivity index is 2.02. The van der Waals surface area contributed by atoms with Gasteiger partial charge in [-0.1, -0.05) is 48.9 Å². The van der Waals surface area contributed by atoms with Gasteiger partial charge in [-0.25, -0.2) is 8.78 Å². The maximum atomic E-state index is 15.7. The van der Waals surface area contributed by atoms with Crippen molar-refractivity contribution in [3.05, 3.63) is 81.9 Å². The Labute approximate surface area is 200 Å². The number of fused-ring (bicyclic) bond motifs is 1. The second-order valence-corrected chi connectivity index (χ2v) is 8.36. The molecule has 178 valence electrons. The van der Waals surface area contributed by atoms with Gasteiger partial charge in [-0.05, 0) is 17.7 Å². The highest BCUT2D eigenvalue weighted by atomic mass is 35.5. The fraction of sp³-hybridized carbons (Fsp3) is 0.240. The van der Waals surface area contributed by atoms with E-state index in [4.69, 9.17) is 37.6 Å². The zero-order valence-corrected chi connectivity index (χ0v) is 19.0. The van der Waals surface area contributed by atoms with Crippen LogP contribution >= 0.6 is 11.6 Å². The zero-order chi connectivity index (χ0) is 24.6. The maximum absolute atomic E-state index is 15.7. The molecule has 0 spiro atoms. The van der Waals surface area contributed by atoms with E-state index in [1.54, 1.807) is 0 Å². The van der Waals surface area contributed by atoms with Gasteiger partial charge in [0.25, 0.3) is 0 Å². The molecule has 0 saturated heterocycles. The maximum Gasteiger partial charge on any atom is 0.249 e. The lowest BCUT2D eigenvalue weighted by Crippen LogP contribution is -2.41. The molecule has 0 bridgehead atoms. The van der Waals surface area contributed by atoms with Crippen LogP contribution in [-0.4, -0.2) is 30.8 Å². The molecule has 1 heterocycles. The van der Waals surface area contributed by atoms with Gasteiger partial charge in [0.1, 0.15) is 18.2 Å². The number of aliphatic hydroxyl groups is 1. The van der Waals surface area contributed by atoms with Crippen LogP contribution in [0.4, 0.5) is 8.78 Å². The van der Waals surface area contributed by atoms with Crippen LogP contribution in [0.25, 0.3) is 11.1 Å². The molecule has 3 aromatic rings. The minimum atomic E-state index is -1.08. The topological polar surface area (TPSA) is 108 Å². The van der Waals surface area contributed by atoms with Crippen molar-refractivity contribution in [2.45, 2.75) is 18.4 Å². The number of carbonyl (C=O) groups excluding carboxylic acids is 1. The molecule has 1 aliphatic heterocycles. The Hall–Kier alpha value is -3.20. The Bertz CT molecular complexity index is 1260. The van der Waals surface area contributed by atoms with Crippen molar-refractivity contribution in [3.8, 4) is 22.6 Å². The Kier molecular flexibility index (Phi) is 6.49. The summed E-state index contributed by atoms with van der Waals surface area (Å²) in [4.78, 5) is 12.2. The molecule has 0 radical (unpaired) electrons. The molecule has 6 nitrogen and oxygen atoms in total. The van der Waals surface area contributed by atoms with E-state index in [0.29, 0.717) is 5.56 Å². The lowest BCUT2D eigenvalue weighted by molar-refractivity contribution is 0.0800. The summed E-state index contributed by atoms with van der Waals surface area (Å²) >= 11 is 6.40. The first-order valence-electron chi connectivity index (χ1n) is 10.6. The molecule has 4 rings (SSSR count). The summed E-state index contributed by atoms with van der Waals surface area (Å²) in [5.74, 6) is -3.38. The normalized spacial score (nSPS) is 18.9. The van der Waals surface area contributed by atoms with Crippen molar-refractivity contribution in [1.82, 2.24) is 0 Å². The number of benzene rings is 3. The largest absolute Gasteiger partial charge is 0.488 e. The van der Waals surface area contributed by atoms with Crippen LogP contribution in [-0.2, 0) is 5.60 Å². The van der Waals surface area contributed by atoms with Gasteiger partial charge in [0.15, 0.2) is 17.2 Å². The summed E-state index contributed by atoms with van der Waals surface area (Å²) in [5, 5.41) is 8.67. The summed E-state index contributed by atoms with van der Waals surface area (Å²) in [5.41, 5.74) is 11.2. The second-order valence-electron chi connectivity index (χ2n) is 7.98. The lowest BCUT2D eigenvalue weighted by Gasteiger charge is -2.32. The number of carbonyl (C=O) groups is 1. The smallest absolute Gasteiger partial charge is 0.249 e. The highest BCUT2D eigenvalue weighted by Crippen LogP contribution is 2.56. The number of nitrogens with two attached hydrogens (primary N) is 2. The fourth-order valence-electron chi connectivity index (χ4n) is 4.53. The fourth-order valence-corrected chi connectivity index (χ4v) is 4.78. The third kappa shape index (κ3) is 3.68. The summed E-state index contributed by atoms with van der Waals surface area (Å²) < 4.78 is 42.3. The van der Waals surface area contributed by atoms with Crippen molar-refractivity contribution >= 4 is 17.5 Å². The first-order valence-corrected chi connectivity index (χ1v) is 11.0. The number of ether oxygens (including phenoxy) is 2. The first-order chi connectivity index (χ1) is 16.3. The number of hydrogen-bond acceptors (Lipinski definition) is 5. The van der Waals surface area contributed by atoms with Crippen LogP contribution in [0, 0.1) is 11.6 Å². The lowest BCUT2D eigenvalue weighted by atomic mass is 9.77. The monoisotopic (exact) mass is 488 g/mol. The average molecular weight is 489 g/mol. The second kappa shape index (κ2) is 9.21. The molecule has 5 N–H and O–H groups in total. The third-order valence-electron chi connectivity index (χ3n) is 6.18. The SMILES string of the molecule is C[C@H]1c2c(cc(F)c(Cl)c2-c2c(C(N)=O)ccc(OCCO)c2F)O[C@]1(CN)c1ccccc1. The third-order valence-corrected chi connectivity index (χ3v) is 6.55. The molecule has 0 fully saturated rings. The van der Waals surface area contributed by atoms with Gasteiger partial charge >= 0.3 is 0 Å². The molecule has 0 aromatic heterocycles. The van der Waals surface area contributed by atoms with Crippen LogP contribution in [0.5, 0.6) is 11.5 Å². The number of aliphatic hydroxyl groups excluding tert-OH is 1. The minimum Gasteiger partial charge on any atom is -0.488 e. The molecule has 2 atom stereocenters. The molecule has 0 aliphatic carbocycles. The molecule has 1 amide bonds. The van der Waals surface area contributed by atoms with Crippen molar-refractivity contribution in [3.63, 3.8) is 0 Å². The quantitative estimate of drug-likeness (QED) is 0.464. The predicted molar refractivity (Wildman–Crippen MR) is 124 cm³/mol. The summed E-state index contributed by atoms with van der Waals surface area (Å²) in [7, 11) is 0. The zero-order valence-electron chi connectivity index (χ0n) is 18.3. The van der Waals surface area contributed by atoms with Gasteiger partial charge in [-0.2, -0.15) is 0 Å². The molecular formula is C25H23ClF2N2O4. The van der Waals surface area contributed by atoms with Crippen molar-refractivity contribution in [2.24, 2.45) is 11.5 Å². The van der Waals surface area contributed by atoms with Gasteiger partial charge in [-0.3, -0.25) is 4.79 Å². The Morgan fingerprint density at radius 1 is 1.21 bits per heavy atom. The predicted octanol–water partition coefficient (Wildman–Crippen LogP) is 4.11. The van der Waals surface area contributed by atoms with E-state index in [1.165, 1.54) is 12.1 Å². The highest BCUT2D eigenvalue weighted by Gasteiger charge is 2.49. The van der Waals surface area contributed by atoms with Gasteiger partial charge in [-0.15, -0.1) is 0 Å². The summed E-state index contributed by atoms with van der Waals surface area (Å²) in [6, 6.07) is 12.8. The molecular weight excluding hydrogens is 466 g/mol. The number of halogens is 3.